The van der Waals surface area contributed by atoms with Gasteiger partial charge >= 0.3 is 0 Å². The summed E-state index contributed by atoms with van der Waals surface area (Å²) in [5.41, 5.74) is 1.57. The highest BCUT2D eigenvalue weighted by atomic mass is 32.2. The molecule has 1 aliphatic rings. The molecule has 2 aromatic heterocycles. The lowest BCUT2D eigenvalue weighted by Gasteiger charge is -2.33. The van der Waals surface area contributed by atoms with Crippen molar-refractivity contribution in [2.24, 2.45) is 5.92 Å². The molecule has 1 fully saturated rings. The third-order valence-corrected chi connectivity index (χ3v) is 6.12. The third-order valence-electron chi connectivity index (χ3n) is 4.21. The van der Waals surface area contributed by atoms with Crippen LogP contribution in [0.4, 0.5) is 0 Å². The van der Waals surface area contributed by atoms with E-state index in [1.165, 1.54) is 4.31 Å². The second-order valence-electron chi connectivity index (χ2n) is 6.19. The first-order valence-corrected chi connectivity index (χ1v) is 9.35. The van der Waals surface area contributed by atoms with Crippen LogP contribution in [-0.2, 0) is 16.6 Å². The van der Waals surface area contributed by atoms with Gasteiger partial charge in [-0.3, -0.25) is 4.98 Å². The van der Waals surface area contributed by atoms with Gasteiger partial charge in [-0.25, -0.2) is 9.97 Å². The molecule has 130 valence electrons. The molecule has 3 heterocycles. The highest BCUT2D eigenvalue weighted by molar-refractivity contribution is 7.86. The molecule has 3 rings (SSSR count). The molecule has 0 aromatic carbocycles. The molecule has 1 atom stereocenters. The quantitative estimate of drug-likeness (QED) is 0.865. The van der Waals surface area contributed by atoms with Gasteiger partial charge in [0.2, 0.25) is 0 Å². The van der Waals surface area contributed by atoms with Crippen LogP contribution in [0.25, 0.3) is 11.5 Å². The predicted molar refractivity (Wildman–Crippen MR) is 90.2 cm³/mol. The van der Waals surface area contributed by atoms with Crippen LogP contribution in [0.15, 0.2) is 24.8 Å². The number of hydrogen-bond donors (Lipinski definition) is 1. The Kier molecular flexibility index (Phi) is 4.93. The SMILES string of the molecule is CN(C)S(=O)(=O)N1CCCC(Cc2cnc(-c3ncc[nH]3)cn2)C1. The predicted octanol–water partition coefficient (Wildman–Crippen LogP) is 0.928. The van der Waals surface area contributed by atoms with Gasteiger partial charge in [-0.15, -0.1) is 0 Å². The van der Waals surface area contributed by atoms with Crippen LogP contribution < -0.4 is 0 Å². The highest BCUT2D eigenvalue weighted by Gasteiger charge is 2.30. The van der Waals surface area contributed by atoms with Crippen LogP contribution in [-0.4, -0.2) is 64.1 Å². The Labute approximate surface area is 142 Å². The average Bonchev–Trinajstić information content (AvgIpc) is 3.10. The molecular weight excluding hydrogens is 328 g/mol. The van der Waals surface area contributed by atoms with Crippen LogP contribution in [0.2, 0.25) is 0 Å². The fourth-order valence-electron chi connectivity index (χ4n) is 2.92. The topological polar surface area (TPSA) is 95.1 Å². The number of nitrogens with zero attached hydrogens (tertiary/aromatic N) is 5. The molecule has 8 nitrogen and oxygen atoms in total. The Hall–Kier alpha value is -1.84. The zero-order valence-corrected chi connectivity index (χ0v) is 14.7. The number of aromatic amines is 1. The number of piperidine rings is 1. The van der Waals surface area contributed by atoms with Crippen molar-refractivity contribution in [3.05, 3.63) is 30.5 Å². The van der Waals surface area contributed by atoms with E-state index < -0.39 is 10.2 Å². The van der Waals surface area contributed by atoms with E-state index in [0.29, 0.717) is 24.6 Å². The first-order chi connectivity index (χ1) is 11.5. The molecule has 0 radical (unpaired) electrons. The third kappa shape index (κ3) is 3.63. The minimum atomic E-state index is -3.34. The average molecular weight is 350 g/mol. The molecule has 2 aromatic rings. The van der Waals surface area contributed by atoms with Crippen molar-refractivity contribution in [1.29, 1.82) is 0 Å². The van der Waals surface area contributed by atoms with Gasteiger partial charge in [0.1, 0.15) is 5.69 Å². The monoisotopic (exact) mass is 350 g/mol. The van der Waals surface area contributed by atoms with Gasteiger partial charge in [0, 0.05) is 45.8 Å². The van der Waals surface area contributed by atoms with E-state index in [-0.39, 0.29) is 5.92 Å². The second-order valence-corrected chi connectivity index (χ2v) is 8.33. The maximum absolute atomic E-state index is 12.3. The van der Waals surface area contributed by atoms with Gasteiger partial charge in [0.05, 0.1) is 11.9 Å². The van der Waals surface area contributed by atoms with Crippen molar-refractivity contribution in [3.63, 3.8) is 0 Å². The molecule has 0 spiro atoms. The summed E-state index contributed by atoms with van der Waals surface area (Å²) in [6, 6.07) is 0. The summed E-state index contributed by atoms with van der Waals surface area (Å²) in [4.78, 5) is 16.0. The van der Waals surface area contributed by atoms with Gasteiger partial charge in [-0.2, -0.15) is 17.0 Å². The van der Waals surface area contributed by atoms with Gasteiger partial charge in [-0.1, -0.05) is 0 Å². The van der Waals surface area contributed by atoms with E-state index in [9.17, 15) is 8.42 Å². The van der Waals surface area contributed by atoms with Crippen LogP contribution in [0.3, 0.4) is 0 Å². The Morgan fingerprint density at radius 1 is 1.29 bits per heavy atom. The molecule has 0 amide bonds. The van der Waals surface area contributed by atoms with Gasteiger partial charge in [0.15, 0.2) is 5.82 Å². The molecule has 0 saturated carbocycles. The second kappa shape index (κ2) is 6.96. The van der Waals surface area contributed by atoms with Gasteiger partial charge in [0.25, 0.3) is 10.2 Å². The minimum absolute atomic E-state index is 0.261. The standard InChI is InChI=1S/C15H22N6O2S/c1-20(2)24(22,23)21-7-3-4-12(11-21)8-13-9-19-14(10-18-13)15-16-5-6-17-15/h5-6,9-10,12H,3-4,7-8,11H2,1-2H3,(H,16,17). The first kappa shape index (κ1) is 17.0. The Bertz CT molecular complexity index is 758. The number of imidazole rings is 1. The fraction of sp³-hybridized carbons (Fsp3) is 0.533. The smallest absolute Gasteiger partial charge is 0.281 e. The van der Waals surface area contributed by atoms with Crippen molar-refractivity contribution in [2.45, 2.75) is 19.3 Å². The summed E-state index contributed by atoms with van der Waals surface area (Å²) in [5.74, 6) is 0.951. The van der Waals surface area contributed by atoms with E-state index in [1.54, 1.807) is 43.2 Å². The van der Waals surface area contributed by atoms with Crippen molar-refractivity contribution in [2.75, 3.05) is 27.2 Å². The van der Waals surface area contributed by atoms with Crippen LogP contribution in [0.1, 0.15) is 18.5 Å². The fourth-order valence-corrected chi connectivity index (χ4v) is 4.14. The largest absolute Gasteiger partial charge is 0.343 e. The normalized spacial score (nSPS) is 19.7. The molecule has 1 saturated heterocycles. The van der Waals surface area contributed by atoms with Crippen molar-refractivity contribution >= 4 is 10.2 Å². The number of H-pyrrole nitrogens is 1. The summed E-state index contributed by atoms with van der Waals surface area (Å²) in [7, 11) is -0.209. The molecule has 1 unspecified atom stereocenters. The Balaban J connectivity index is 1.65. The van der Waals surface area contributed by atoms with Crippen molar-refractivity contribution < 1.29 is 8.42 Å². The minimum Gasteiger partial charge on any atom is -0.343 e. The maximum atomic E-state index is 12.3. The molecular formula is C15H22N6O2S. The van der Waals surface area contributed by atoms with E-state index in [2.05, 4.69) is 19.9 Å². The van der Waals surface area contributed by atoms with Gasteiger partial charge < -0.3 is 4.98 Å². The first-order valence-electron chi connectivity index (χ1n) is 7.95. The lowest BCUT2D eigenvalue weighted by Crippen LogP contribution is -2.45. The zero-order valence-electron chi connectivity index (χ0n) is 13.9. The van der Waals surface area contributed by atoms with Gasteiger partial charge in [-0.05, 0) is 25.2 Å². The number of hydrogen-bond acceptors (Lipinski definition) is 5. The zero-order chi connectivity index (χ0) is 17.2. The summed E-state index contributed by atoms with van der Waals surface area (Å²) >= 11 is 0. The van der Waals surface area contributed by atoms with Crippen molar-refractivity contribution in [3.8, 4) is 11.5 Å². The van der Waals surface area contributed by atoms with E-state index in [1.807, 2.05) is 0 Å². The van der Waals surface area contributed by atoms with E-state index in [4.69, 9.17) is 0 Å². The lowest BCUT2D eigenvalue weighted by molar-refractivity contribution is 0.253. The summed E-state index contributed by atoms with van der Waals surface area (Å²) in [6.07, 6.45) is 9.46. The van der Waals surface area contributed by atoms with E-state index in [0.717, 1.165) is 25.0 Å². The van der Waals surface area contributed by atoms with Crippen LogP contribution >= 0.6 is 0 Å². The number of rotatable bonds is 5. The molecule has 24 heavy (non-hydrogen) atoms. The van der Waals surface area contributed by atoms with E-state index >= 15 is 0 Å². The Morgan fingerprint density at radius 3 is 2.75 bits per heavy atom. The number of aromatic nitrogens is 4. The summed E-state index contributed by atoms with van der Waals surface area (Å²) < 4.78 is 27.4. The highest BCUT2D eigenvalue weighted by Crippen LogP contribution is 2.23. The van der Waals surface area contributed by atoms with Crippen LogP contribution in [0, 0.1) is 5.92 Å². The molecule has 0 bridgehead atoms. The number of nitrogens with one attached hydrogen (secondary N) is 1. The summed E-state index contributed by atoms with van der Waals surface area (Å²) in [6.45, 7) is 1.11. The maximum Gasteiger partial charge on any atom is 0.281 e. The molecule has 9 heteroatoms. The molecule has 1 aliphatic heterocycles. The summed E-state index contributed by atoms with van der Waals surface area (Å²) in [5, 5.41) is 0. The Morgan fingerprint density at radius 2 is 2.12 bits per heavy atom. The van der Waals surface area contributed by atoms with Crippen molar-refractivity contribution in [1.82, 2.24) is 28.5 Å². The molecule has 1 N–H and O–H groups in total. The van der Waals surface area contributed by atoms with Crippen LogP contribution in [0.5, 0.6) is 0 Å². The molecule has 0 aliphatic carbocycles. The lowest BCUT2D eigenvalue weighted by atomic mass is 9.95.